The van der Waals surface area contributed by atoms with Crippen molar-refractivity contribution in [1.29, 1.82) is 0 Å². The highest BCUT2D eigenvalue weighted by atomic mass is 16.6. The fraction of sp³-hybridized carbons (Fsp3) is 0. The number of carbonyl (C=O) groups is 1. The summed E-state index contributed by atoms with van der Waals surface area (Å²) in [6.07, 6.45) is 1.10. The monoisotopic (exact) mass is 283 g/mol. The van der Waals surface area contributed by atoms with Gasteiger partial charge >= 0.3 is 5.97 Å². The summed E-state index contributed by atoms with van der Waals surface area (Å²) < 4.78 is 0. The van der Waals surface area contributed by atoms with Gasteiger partial charge in [0.05, 0.1) is 26.9 Å². The van der Waals surface area contributed by atoms with Crippen LogP contribution >= 0.6 is 0 Å². The highest BCUT2D eigenvalue weighted by Crippen LogP contribution is 2.34. The zero-order chi connectivity index (χ0) is 15.4. The number of nitro groups is 3. The molecule has 0 atom stereocenters. The Morgan fingerprint density at radius 2 is 1.45 bits per heavy atom. The summed E-state index contributed by atoms with van der Waals surface area (Å²) in [5, 5.41) is 40.6. The van der Waals surface area contributed by atoms with E-state index in [1.165, 1.54) is 0 Å². The molecule has 0 fully saturated rings. The quantitative estimate of drug-likeness (QED) is 0.481. The van der Waals surface area contributed by atoms with Crippen molar-refractivity contribution in [2.75, 3.05) is 0 Å². The van der Waals surface area contributed by atoms with Crippen LogP contribution in [0, 0.1) is 30.3 Å². The van der Waals surface area contributed by atoms with Crippen LogP contribution in [0.5, 0.6) is 0 Å². The third kappa shape index (κ3) is 3.10. The molecular formula is C9H5N3O8. The van der Waals surface area contributed by atoms with Crippen LogP contribution in [-0.2, 0) is 4.79 Å². The van der Waals surface area contributed by atoms with Gasteiger partial charge in [-0.3, -0.25) is 30.3 Å². The Morgan fingerprint density at radius 3 is 1.75 bits per heavy atom. The summed E-state index contributed by atoms with van der Waals surface area (Å²) in [4.78, 5) is 39.4. The molecule has 1 aromatic rings. The zero-order valence-electron chi connectivity index (χ0n) is 9.46. The van der Waals surface area contributed by atoms with Crippen molar-refractivity contribution in [3.05, 3.63) is 54.1 Å². The minimum atomic E-state index is -1.48. The van der Waals surface area contributed by atoms with Crippen LogP contribution in [0.15, 0.2) is 18.2 Å². The van der Waals surface area contributed by atoms with Gasteiger partial charge in [0.25, 0.3) is 17.1 Å². The van der Waals surface area contributed by atoms with E-state index in [0.29, 0.717) is 24.3 Å². The Hall–Kier alpha value is -3.37. The maximum absolute atomic E-state index is 10.8. The molecule has 11 nitrogen and oxygen atoms in total. The summed E-state index contributed by atoms with van der Waals surface area (Å²) in [5.41, 5.74) is -3.32. The topological polar surface area (TPSA) is 167 Å². The van der Waals surface area contributed by atoms with E-state index in [0.717, 1.165) is 0 Å². The molecule has 0 saturated heterocycles. The first-order chi connectivity index (χ1) is 9.23. The molecule has 0 aliphatic rings. The molecular weight excluding hydrogens is 278 g/mol. The van der Waals surface area contributed by atoms with E-state index in [9.17, 15) is 35.1 Å². The maximum atomic E-state index is 10.8. The van der Waals surface area contributed by atoms with Crippen molar-refractivity contribution in [1.82, 2.24) is 0 Å². The largest absolute Gasteiger partial charge is 0.478 e. The lowest BCUT2D eigenvalue weighted by Crippen LogP contribution is -2.01. The second-order valence-electron chi connectivity index (χ2n) is 3.34. The Kier molecular flexibility index (Phi) is 4.05. The van der Waals surface area contributed by atoms with Crippen LogP contribution < -0.4 is 0 Å². The lowest BCUT2D eigenvalue weighted by atomic mass is 10.1. The van der Waals surface area contributed by atoms with E-state index in [1.54, 1.807) is 0 Å². The molecule has 0 bridgehead atoms. The van der Waals surface area contributed by atoms with Crippen LogP contribution in [0.1, 0.15) is 5.56 Å². The molecule has 1 rings (SSSR count). The predicted molar refractivity (Wildman–Crippen MR) is 63.1 cm³/mol. The first kappa shape index (κ1) is 14.7. The molecule has 11 heteroatoms. The van der Waals surface area contributed by atoms with Crippen molar-refractivity contribution < 1.29 is 24.7 Å². The number of carboxylic acids is 1. The number of carboxylic acid groups (broad SMARTS) is 1. The molecule has 0 amide bonds. The van der Waals surface area contributed by atoms with Gasteiger partial charge in [0, 0.05) is 6.08 Å². The van der Waals surface area contributed by atoms with Crippen molar-refractivity contribution in [2.24, 2.45) is 0 Å². The average molecular weight is 283 g/mol. The SMILES string of the molecule is O=C(O)C=Cc1c([N+](=O)[O-])cc([N+](=O)[O-])cc1[N+](=O)[O-]. The first-order valence-corrected chi connectivity index (χ1v) is 4.76. The molecule has 1 aromatic carbocycles. The van der Waals surface area contributed by atoms with Crippen LogP contribution in [0.25, 0.3) is 6.08 Å². The fourth-order valence-corrected chi connectivity index (χ4v) is 1.34. The van der Waals surface area contributed by atoms with Gasteiger partial charge in [0.1, 0.15) is 5.56 Å². The van der Waals surface area contributed by atoms with E-state index < -0.39 is 43.4 Å². The molecule has 0 aromatic heterocycles. The minimum Gasteiger partial charge on any atom is -0.478 e. The molecule has 0 radical (unpaired) electrons. The van der Waals surface area contributed by atoms with Crippen LogP contribution in [0.2, 0.25) is 0 Å². The second kappa shape index (κ2) is 5.51. The smallest absolute Gasteiger partial charge is 0.328 e. The number of hydrogen-bond donors (Lipinski definition) is 1. The summed E-state index contributed by atoms with van der Waals surface area (Å²) in [7, 11) is 0. The number of rotatable bonds is 5. The molecule has 0 saturated carbocycles. The van der Waals surface area contributed by atoms with Gasteiger partial charge in [-0.1, -0.05) is 0 Å². The normalized spacial score (nSPS) is 10.4. The fourth-order valence-electron chi connectivity index (χ4n) is 1.34. The van der Waals surface area contributed by atoms with Gasteiger partial charge in [-0.05, 0) is 6.08 Å². The van der Waals surface area contributed by atoms with E-state index in [-0.39, 0.29) is 0 Å². The zero-order valence-corrected chi connectivity index (χ0v) is 9.46. The standard InChI is InChI=1S/C9H5N3O8/c13-9(14)2-1-6-7(11(17)18)3-5(10(15)16)4-8(6)12(19)20/h1-4H,(H,13,14). The summed E-state index contributed by atoms with van der Waals surface area (Å²) >= 11 is 0. The Morgan fingerprint density at radius 1 is 1.00 bits per heavy atom. The summed E-state index contributed by atoms with van der Waals surface area (Å²) in [6.45, 7) is 0. The molecule has 0 aliphatic heterocycles. The molecule has 1 N–H and O–H groups in total. The molecule has 0 unspecified atom stereocenters. The lowest BCUT2D eigenvalue weighted by Gasteiger charge is -2.00. The molecule has 0 spiro atoms. The first-order valence-electron chi connectivity index (χ1n) is 4.76. The van der Waals surface area contributed by atoms with E-state index in [1.807, 2.05) is 0 Å². The molecule has 0 aliphatic carbocycles. The summed E-state index contributed by atoms with van der Waals surface area (Å²) in [5.74, 6) is -1.48. The van der Waals surface area contributed by atoms with Gasteiger partial charge in [-0.2, -0.15) is 0 Å². The van der Waals surface area contributed by atoms with Gasteiger partial charge < -0.3 is 5.11 Å². The predicted octanol–water partition coefficient (Wildman–Crippen LogP) is 1.51. The number of nitrogens with zero attached hydrogens (tertiary/aromatic N) is 3. The van der Waals surface area contributed by atoms with Crippen LogP contribution in [0.3, 0.4) is 0 Å². The highest BCUT2D eigenvalue weighted by molar-refractivity contribution is 5.88. The highest BCUT2D eigenvalue weighted by Gasteiger charge is 2.28. The van der Waals surface area contributed by atoms with Crippen molar-refractivity contribution in [3.8, 4) is 0 Å². The number of nitro benzene ring substituents is 3. The van der Waals surface area contributed by atoms with Crippen molar-refractivity contribution in [2.45, 2.75) is 0 Å². The maximum Gasteiger partial charge on any atom is 0.328 e. The van der Waals surface area contributed by atoms with Crippen molar-refractivity contribution in [3.63, 3.8) is 0 Å². The Balaban J connectivity index is 3.68. The average Bonchev–Trinajstić information content (AvgIpc) is 2.34. The minimum absolute atomic E-state index is 0.459. The molecule has 20 heavy (non-hydrogen) atoms. The molecule has 104 valence electrons. The summed E-state index contributed by atoms with van der Waals surface area (Å²) in [6, 6.07) is 1.04. The van der Waals surface area contributed by atoms with Gasteiger partial charge in [0.15, 0.2) is 0 Å². The Labute approximate surface area is 109 Å². The van der Waals surface area contributed by atoms with Crippen LogP contribution in [0.4, 0.5) is 17.1 Å². The van der Waals surface area contributed by atoms with Crippen LogP contribution in [-0.4, -0.2) is 25.8 Å². The van der Waals surface area contributed by atoms with E-state index in [2.05, 4.69) is 0 Å². The van der Waals surface area contributed by atoms with Gasteiger partial charge in [0.2, 0.25) is 0 Å². The number of non-ortho nitro benzene ring substituents is 1. The van der Waals surface area contributed by atoms with E-state index in [4.69, 9.17) is 5.11 Å². The van der Waals surface area contributed by atoms with E-state index >= 15 is 0 Å². The van der Waals surface area contributed by atoms with Gasteiger partial charge in [-0.25, -0.2) is 4.79 Å². The molecule has 0 heterocycles. The third-order valence-corrected chi connectivity index (χ3v) is 2.12. The number of aliphatic carboxylic acids is 1. The Bertz CT molecular complexity index is 616. The number of benzene rings is 1. The number of hydrogen-bond acceptors (Lipinski definition) is 7. The van der Waals surface area contributed by atoms with Crippen molar-refractivity contribution >= 4 is 29.1 Å². The van der Waals surface area contributed by atoms with Gasteiger partial charge in [-0.15, -0.1) is 0 Å². The third-order valence-electron chi connectivity index (χ3n) is 2.12. The lowest BCUT2D eigenvalue weighted by molar-refractivity contribution is -0.403. The second-order valence-corrected chi connectivity index (χ2v) is 3.34.